The van der Waals surface area contributed by atoms with Crippen molar-refractivity contribution in [2.24, 2.45) is 7.05 Å². The Hall–Kier alpha value is -3.77. The van der Waals surface area contributed by atoms with Gasteiger partial charge in [0.15, 0.2) is 5.82 Å². The van der Waals surface area contributed by atoms with Crippen molar-refractivity contribution < 1.29 is 26.3 Å². The van der Waals surface area contributed by atoms with Crippen molar-refractivity contribution in [3.63, 3.8) is 0 Å². The molecule has 4 aromatic rings. The Morgan fingerprint density at radius 3 is 2.39 bits per heavy atom. The van der Waals surface area contributed by atoms with Gasteiger partial charge in [0.25, 0.3) is 10.0 Å². The molecule has 5 rings (SSSR count). The average Bonchev–Trinajstić information content (AvgIpc) is 3.48. The fourth-order valence-corrected chi connectivity index (χ4v) is 6.73. The molecule has 1 N–H and O–H groups in total. The number of hydrogen-bond acceptors (Lipinski definition) is 6. The summed E-state index contributed by atoms with van der Waals surface area (Å²) >= 11 is 0. The van der Waals surface area contributed by atoms with Crippen LogP contribution in [0, 0.1) is 20.8 Å². The van der Waals surface area contributed by atoms with Crippen LogP contribution in [0.1, 0.15) is 47.6 Å². The quantitative estimate of drug-likeness (QED) is 0.268. The van der Waals surface area contributed by atoms with Crippen LogP contribution in [0.5, 0.6) is 0 Å². The lowest BCUT2D eigenvalue weighted by molar-refractivity contribution is -0.341. The third-order valence-electron chi connectivity index (χ3n) is 7.30. The molecule has 41 heavy (non-hydrogen) atoms. The molecule has 0 amide bonds. The van der Waals surface area contributed by atoms with Gasteiger partial charge in [0.05, 0.1) is 29.4 Å². The topological polar surface area (TPSA) is 99.0 Å². The van der Waals surface area contributed by atoms with Crippen molar-refractivity contribution in [3.05, 3.63) is 77.2 Å². The summed E-state index contributed by atoms with van der Waals surface area (Å²) in [6.45, 7) is 5.50. The minimum atomic E-state index is -4.66. The number of halogens is 3. The van der Waals surface area contributed by atoms with Crippen molar-refractivity contribution in [1.82, 2.24) is 19.7 Å². The van der Waals surface area contributed by atoms with E-state index in [2.05, 4.69) is 19.5 Å². The van der Waals surface area contributed by atoms with Gasteiger partial charge in [-0.3, -0.25) is 19.1 Å². The van der Waals surface area contributed by atoms with Gasteiger partial charge in [0.2, 0.25) is 0 Å². The molecule has 0 saturated heterocycles. The van der Waals surface area contributed by atoms with Gasteiger partial charge in [0.1, 0.15) is 4.90 Å². The van der Waals surface area contributed by atoms with Crippen molar-refractivity contribution in [2.45, 2.75) is 63.3 Å². The van der Waals surface area contributed by atoms with Gasteiger partial charge in [-0.05, 0) is 68.7 Å². The number of aromatic nitrogens is 4. The molecule has 0 unspecified atom stereocenters. The maximum Gasteiger partial charge on any atom is 0.522 e. The van der Waals surface area contributed by atoms with Gasteiger partial charge >= 0.3 is 6.36 Å². The zero-order chi connectivity index (χ0) is 29.5. The van der Waals surface area contributed by atoms with E-state index in [-0.39, 0.29) is 23.1 Å². The number of nitrogens with one attached hydrogen (secondary N) is 1. The predicted molar refractivity (Wildman–Crippen MR) is 149 cm³/mol. The molecule has 1 saturated carbocycles. The molecule has 2 atom stereocenters. The second-order valence-corrected chi connectivity index (χ2v) is 12.0. The van der Waals surface area contributed by atoms with Gasteiger partial charge in [-0.15, -0.1) is 13.2 Å². The van der Waals surface area contributed by atoms with Crippen molar-refractivity contribution >= 4 is 15.8 Å². The van der Waals surface area contributed by atoms with E-state index in [1.54, 1.807) is 14.0 Å². The minimum Gasteiger partial charge on any atom is -0.289 e. The molecule has 12 heteroatoms. The predicted octanol–water partition coefficient (Wildman–Crippen LogP) is 6.44. The molecule has 2 aromatic heterocycles. The van der Waals surface area contributed by atoms with Gasteiger partial charge < -0.3 is 0 Å². The van der Waals surface area contributed by atoms with Crippen molar-refractivity contribution in [2.75, 3.05) is 4.72 Å². The molecule has 2 aromatic carbocycles. The lowest BCUT2D eigenvalue weighted by Crippen LogP contribution is -2.21. The van der Waals surface area contributed by atoms with E-state index in [9.17, 15) is 21.6 Å². The van der Waals surface area contributed by atoms with Gasteiger partial charge in [0, 0.05) is 24.4 Å². The summed E-state index contributed by atoms with van der Waals surface area (Å²) in [7, 11) is -2.34. The smallest absolute Gasteiger partial charge is 0.289 e. The van der Waals surface area contributed by atoms with Crippen LogP contribution >= 0.6 is 0 Å². The Balaban J connectivity index is 1.54. The first-order valence-corrected chi connectivity index (χ1v) is 14.6. The highest BCUT2D eigenvalue weighted by molar-refractivity contribution is 7.92. The van der Waals surface area contributed by atoms with Gasteiger partial charge in [-0.25, -0.2) is 13.4 Å². The standard InChI is InChI=1S/C29H30F3N5O3S/c1-17-7-5-8-18(2)26(17)28-27(33-15-25(34-28)36-41(38,39)24-16-37(4)35-19(24)3)22-10-6-9-20(13-22)21-11-12-23(14-21)40-29(30,31)32/h5-10,13,15-16,21,23H,11-12,14H2,1-4H3,(H,34,36)/t21-,23-/m1/s1. The fraction of sp³-hybridized carbons (Fsp3) is 0.345. The second kappa shape index (κ2) is 10.9. The van der Waals surface area contributed by atoms with Crippen molar-refractivity contribution in [1.29, 1.82) is 0 Å². The molecule has 216 valence electrons. The summed E-state index contributed by atoms with van der Waals surface area (Å²) in [6, 6.07) is 13.4. The summed E-state index contributed by atoms with van der Waals surface area (Å²) in [4.78, 5) is 9.44. The van der Waals surface area contributed by atoms with E-state index in [0.29, 0.717) is 29.9 Å². The number of aryl methyl sites for hydroxylation is 4. The van der Waals surface area contributed by atoms with E-state index >= 15 is 0 Å². The molecule has 0 bridgehead atoms. The maximum atomic E-state index is 13.2. The normalized spacial score (nSPS) is 17.6. The van der Waals surface area contributed by atoms with Crippen LogP contribution in [0.2, 0.25) is 0 Å². The third-order valence-corrected chi connectivity index (χ3v) is 8.76. The maximum absolute atomic E-state index is 13.2. The number of benzene rings is 2. The monoisotopic (exact) mass is 585 g/mol. The minimum absolute atomic E-state index is 0.0385. The zero-order valence-electron chi connectivity index (χ0n) is 23.0. The van der Waals surface area contributed by atoms with E-state index < -0.39 is 22.5 Å². The molecule has 1 aliphatic carbocycles. The lowest BCUT2D eigenvalue weighted by Gasteiger charge is -2.17. The highest BCUT2D eigenvalue weighted by Gasteiger charge is 2.37. The molecule has 0 radical (unpaired) electrons. The van der Waals surface area contributed by atoms with E-state index in [1.807, 2.05) is 56.3 Å². The van der Waals surface area contributed by atoms with Crippen LogP contribution in [0.25, 0.3) is 22.5 Å². The highest BCUT2D eigenvalue weighted by atomic mass is 32.2. The van der Waals surface area contributed by atoms with E-state index in [0.717, 1.165) is 27.8 Å². The SMILES string of the molecule is Cc1cccc(C)c1-c1nc(NS(=O)(=O)c2cn(C)nc2C)cnc1-c1cccc([C@@H]2CC[C@@H](OC(F)(F)F)C2)c1. The highest BCUT2D eigenvalue weighted by Crippen LogP contribution is 2.41. The Labute approximate surface area is 236 Å². The number of nitrogens with zero attached hydrogens (tertiary/aromatic N) is 4. The van der Waals surface area contributed by atoms with Crippen LogP contribution in [0.3, 0.4) is 0 Å². The first kappa shape index (κ1) is 28.7. The Morgan fingerprint density at radius 1 is 1.02 bits per heavy atom. The molecular formula is C29H30F3N5O3S. The van der Waals surface area contributed by atoms with Crippen LogP contribution in [0.15, 0.2) is 59.8 Å². The number of anilines is 1. The van der Waals surface area contributed by atoms with Crippen LogP contribution < -0.4 is 4.72 Å². The fourth-order valence-electron chi connectivity index (χ4n) is 5.52. The summed E-state index contributed by atoms with van der Waals surface area (Å²) in [5.74, 6) is -0.0403. The average molecular weight is 586 g/mol. The van der Waals surface area contributed by atoms with E-state index in [1.165, 1.54) is 17.1 Å². The first-order chi connectivity index (χ1) is 19.3. The number of hydrogen-bond donors (Lipinski definition) is 1. The Morgan fingerprint density at radius 2 is 1.73 bits per heavy atom. The molecule has 0 aliphatic heterocycles. The molecule has 8 nitrogen and oxygen atoms in total. The lowest BCUT2D eigenvalue weighted by atomic mass is 9.92. The summed E-state index contributed by atoms with van der Waals surface area (Å²) in [5.41, 5.74) is 5.68. The van der Waals surface area contributed by atoms with Crippen LogP contribution in [-0.2, 0) is 21.8 Å². The summed E-state index contributed by atoms with van der Waals surface area (Å²) < 4.78 is 72.9. The molecule has 1 aliphatic rings. The number of alkyl halides is 3. The number of sulfonamides is 1. The molecule has 0 spiro atoms. The molecule has 2 heterocycles. The number of rotatable bonds is 7. The van der Waals surface area contributed by atoms with Gasteiger partial charge in [-0.2, -0.15) is 5.10 Å². The largest absolute Gasteiger partial charge is 0.522 e. The third kappa shape index (κ3) is 6.28. The van der Waals surface area contributed by atoms with Crippen LogP contribution in [-0.4, -0.2) is 40.6 Å². The van der Waals surface area contributed by atoms with E-state index in [4.69, 9.17) is 4.98 Å². The Kier molecular flexibility index (Phi) is 7.64. The molecule has 1 fully saturated rings. The van der Waals surface area contributed by atoms with Crippen LogP contribution in [0.4, 0.5) is 19.0 Å². The molecular weight excluding hydrogens is 555 g/mol. The zero-order valence-corrected chi connectivity index (χ0v) is 23.8. The number of ether oxygens (including phenoxy) is 1. The first-order valence-electron chi connectivity index (χ1n) is 13.1. The Bertz CT molecular complexity index is 1680. The second-order valence-electron chi connectivity index (χ2n) is 10.4. The van der Waals surface area contributed by atoms with Gasteiger partial charge in [-0.1, -0.05) is 36.4 Å². The summed E-state index contributed by atoms with van der Waals surface area (Å²) in [6.07, 6.45) is -1.57. The van der Waals surface area contributed by atoms with Crippen molar-refractivity contribution in [3.8, 4) is 22.5 Å². The summed E-state index contributed by atoms with van der Waals surface area (Å²) in [5, 5.41) is 4.12.